The smallest absolute Gasteiger partial charge is 0.166 e. The lowest BCUT2D eigenvalue weighted by Gasteiger charge is -2.62. The van der Waals surface area contributed by atoms with Gasteiger partial charge >= 0.3 is 0 Å². The third-order valence-corrected chi connectivity index (χ3v) is 9.61. The molecule has 0 amide bonds. The van der Waals surface area contributed by atoms with Crippen LogP contribution in [0.15, 0.2) is 42.5 Å². The number of aromatic amines is 1. The molecule has 1 aromatic heterocycles. The molecule has 5 heteroatoms. The number of nitrogens with one attached hydrogen (secondary N) is 1. The molecule has 2 fully saturated rings. The second kappa shape index (κ2) is 6.27. The SMILES string of the molecule is Cc1[nH]c2c(c1-c1ccccc1)C[C@@]1(O)C3Cc4ccc(O)c5c4C1(CCN3CC1CC1)[C@H]2O5. The van der Waals surface area contributed by atoms with Gasteiger partial charge in [-0.15, -0.1) is 0 Å². The number of aromatic nitrogens is 1. The van der Waals surface area contributed by atoms with Gasteiger partial charge in [-0.25, -0.2) is 0 Å². The first kappa shape index (κ1) is 19.5. The second-order valence-corrected chi connectivity index (χ2v) is 11.3. The number of aromatic hydroxyl groups is 1. The molecule has 2 bridgehead atoms. The van der Waals surface area contributed by atoms with Crippen LogP contribution in [0, 0.1) is 12.8 Å². The number of nitrogens with zero attached hydrogens (tertiary/aromatic N) is 1. The molecule has 4 atom stereocenters. The minimum Gasteiger partial charge on any atom is -0.504 e. The zero-order chi connectivity index (χ0) is 22.8. The normalized spacial score (nSPS) is 32.8. The summed E-state index contributed by atoms with van der Waals surface area (Å²) in [6.45, 7) is 4.18. The average Bonchev–Trinajstić information content (AvgIpc) is 3.48. The first-order chi connectivity index (χ1) is 16.5. The van der Waals surface area contributed by atoms with Gasteiger partial charge in [-0.1, -0.05) is 36.4 Å². The maximum Gasteiger partial charge on any atom is 0.166 e. The summed E-state index contributed by atoms with van der Waals surface area (Å²) in [6, 6.07) is 14.4. The zero-order valence-electron chi connectivity index (χ0n) is 19.5. The van der Waals surface area contributed by atoms with Gasteiger partial charge in [-0.05, 0) is 67.8 Å². The summed E-state index contributed by atoms with van der Waals surface area (Å²) in [5.41, 5.74) is 6.58. The van der Waals surface area contributed by atoms with E-state index in [4.69, 9.17) is 4.74 Å². The van der Waals surface area contributed by atoms with Gasteiger partial charge in [0.1, 0.15) is 0 Å². The van der Waals surface area contributed by atoms with Crippen molar-refractivity contribution in [2.75, 3.05) is 13.1 Å². The Hall–Kier alpha value is -2.76. The number of ether oxygens (including phenoxy) is 1. The van der Waals surface area contributed by atoms with E-state index in [9.17, 15) is 10.2 Å². The van der Waals surface area contributed by atoms with E-state index in [0.29, 0.717) is 12.2 Å². The van der Waals surface area contributed by atoms with E-state index in [-0.39, 0.29) is 17.9 Å². The van der Waals surface area contributed by atoms with E-state index in [0.717, 1.165) is 48.8 Å². The minimum absolute atomic E-state index is 0.0583. The van der Waals surface area contributed by atoms with E-state index < -0.39 is 11.0 Å². The summed E-state index contributed by atoms with van der Waals surface area (Å²) in [4.78, 5) is 6.27. The van der Waals surface area contributed by atoms with Crippen molar-refractivity contribution in [1.29, 1.82) is 0 Å². The van der Waals surface area contributed by atoms with Crippen LogP contribution in [0.4, 0.5) is 0 Å². The lowest BCUT2D eigenvalue weighted by atomic mass is 9.49. The van der Waals surface area contributed by atoms with E-state index in [1.165, 1.54) is 35.1 Å². The second-order valence-electron chi connectivity index (χ2n) is 11.3. The summed E-state index contributed by atoms with van der Waals surface area (Å²) < 4.78 is 6.67. The molecule has 8 rings (SSSR count). The number of phenols is 1. The number of benzene rings is 2. The number of fused-ring (bicyclic) bond motifs is 2. The number of rotatable bonds is 3. The average molecular weight is 455 g/mol. The van der Waals surface area contributed by atoms with Gasteiger partial charge in [0.05, 0.1) is 16.7 Å². The summed E-state index contributed by atoms with van der Waals surface area (Å²) in [6.07, 6.45) is 4.57. The Morgan fingerprint density at radius 3 is 2.76 bits per heavy atom. The molecule has 0 radical (unpaired) electrons. The maximum atomic E-state index is 12.9. The highest BCUT2D eigenvalue weighted by Crippen LogP contribution is 2.69. The van der Waals surface area contributed by atoms with E-state index in [1.807, 2.05) is 6.07 Å². The minimum atomic E-state index is -0.942. The number of aryl methyl sites for hydroxylation is 1. The molecule has 1 spiro atoms. The van der Waals surface area contributed by atoms with Gasteiger partial charge in [0.25, 0.3) is 0 Å². The van der Waals surface area contributed by atoms with Crippen LogP contribution in [0.5, 0.6) is 11.5 Å². The molecule has 1 saturated carbocycles. The van der Waals surface area contributed by atoms with Crippen molar-refractivity contribution < 1.29 is 14.9 Å². The number of hydrogen-bond donors (Lipinski definition) is 3. The van der Waals surface area contributed by atoms with Crippen molar-refractivity contribution >= 4 is 0 Å². The van der Waals surface area contributed by atoms with Crippen LogP contribution in [0.25, 0.3) is 11.1 Å². The van der Waals surface area contributed by atoms with Crippen molar-refractivity contribution in [3.05, 3.63) is 70.5 Å². The number of H-pyrrole nitrogens is 1. The molecule has 2 aliphatic heterocycles. The van der Waals surface area contributed by atoms with Gasteiger partial charge < -0.3 is 19.9 Å². The van der Waals surface area contributed by atoms with Gasteiger partial charge in [-0.3, -0.25) is 4.90 Å². The van der Waals surface area contributed by atoms with Crippen LogP contribution in [0.3, 0.4) is 0 Å². The lowest BCUT2D eigenvalue weighted by Crippen LogP contribution is -2.74. The molecule has 174 valence electrons. The van der Waals surface area contributed by atoms with Crippen molar-refractivity contribution in [1.82, 2.24) is 9.88 Å². The Bertz CT molecular complexity index is 1340. The Balaban J connectivity index is 1.39. The Labute approximate surface area is 199 Å². The van der Waals surface area contributed by atoms with E-state index in [1.54, 1.807) is 6.07 Å². The van der Waals surface area contributed by atoms with E-state index >= 15 is 0 Å². The summed E-state index contributed by atoms with van der Waals surface area (Å²) in [7, 11) is 0. The van der Waals surface area contributed by atoms with E-state index in [2.05, 4.69) is 47.1 Å². The van der Waals surface area contributed by atoms with Crippen LogP contribution >= 0.6 is 0 Å². The van der Waals surface area contributed by atoms with Crippen molar-refractivity contribution in [3.8, 4) is 22.6 Å². The van der Waals surface area contributed by atoms with Crippen LogP contribution in [-0.2, 0) is 18.3 Å². The monoisotopic (exact) mass is 454 g/mol. The predicted molar refractivity (Wildman–Crippen MR) is 129 cm³/mol. The third kappa shape index (κ3) is 2.19. The number of phenolic OH excluding ortho intramolecular Hbond substituents is 1. The molecular formula is C29H30N2O3. The first-order valence-electron chi connectivity index (χ1n) is 12.8. The predicted octanol–water partition coefficient (Wildman–Crippen LogP) is 4.39. The van der Waals surface area contributed by atoms with Gasteiger partial charge in [0.15, 0.2) is 17.6 Å². The molecule has 2 unspecified atom stereocenters. The van der Waals surface area contributed by atoms with Crippen LogP contribution in [-0.4, -0.2) is 44.8 Å². The first-order valence-corrected chi connectivity index (χ1v) is 12.8. The van der Waals surface area contributed by atoms with Gasteiger partial charge in [-0.2, -0.15) is 0 Å². The number of hydrogen-bond acceptors (Lipinski definition) is 4. The fourth-order valence-electron chi connectivity index (χ4n) is 8.04. The highest BCUT2D eigenvalue weighted by molar-refractivity contribution is 5.75. The molecular weight excluding hydrogens is 424 g/mol. The van der Waals surface area contributed by atoms with Crippen molar-refractivity contribution in [2.24, 2.45) is 5.92 Å². The molecule has 5 aliphatic rings. The zero-order valence-corrected chi connectivity index (χ0v) is 19.5. The fraction of sp³-hybridized carbons (Fsp3) is 0.448. The molecule has 3 heterocycles. The Morgan fingerprint density at radius 2 is 1.97 bits per heavy atom. The largest absolute Gasteiger partial charge is 0.504 e. The molecule has 3 aromatic rings. The quantitative estimate of drug-likeness (QED) is 0.549. The third-order valence-electron chi connectivity index (χ3n) is 9.61. The van der Waals surface area contributed by atoms with Crippen molar-refractivity contribution in [3.63, 3.8) is 0 Å². The highest BCUT2D eigenvalue weighted by Gasteiger charge is 2.73. The molecule has 3 N–H and O–H groups in total. The molecule has 34 heavy (non-hydrogen) atoms. The van der Waals surface area contributed by atoms with Crippen LogP contribution < -0.4 is 4.74 Å². The van der Waals surface area contributed by atoms with Gasteiger partial charge in [0.2, 0.25) is 0 Å². The Morgan fingerprint density at radius 1 is 1.15 bits per heavy atom. The highest BCUT2D eigenvalue weighted by atomic mass is 16.5. The maximum absolute atomic E-state index is 12.9. The fourth-order valence-corrected chi connectivity index (χ4v) is 8.04. The molecule has 5 nitrogen and oxygen atoms in total. The molecule has 2 aromatic carbocycles. The molecule has 1 saturated heterocycles. The molecule has 3 aliphatic carbocycles. The standard InChI is InChI=1S/C29H30N2O3/c1-16-23(18-5-3-2-4-6-18)20-14-29(33)22-13-19-9-10-21(32)26-24(19)28(29,27(34-26)25(20)30-16)11-12-31(22)15-17-7-8-17/h2-6,9-10,17,22,27,30,32-33H,7-8,11-15H2,1H3/t22?,27-,28?,29+/m0/s1. The van der Waals surface area contributed by atoms with Crippen LogP contribution in [0.1, 0.15) is 53.4 Å². The summed E-state index contributed by atoms with van der Waals surface area (Å²) in [5, 5.41) is 23.7. The van der Waals surface area contributed by atoms with Gasteiger partial charge in [0, 0.05) is 35.8 Å². The van der Waals surface area contributed by atoms with Crippen LogP contribution in [0.2, 0.25) is 0 Å². The Kier molecular flexibility index (Phi) is 3.60. The lowest BCUT2D eigenvalue weighted by molar-refractivity contribution is -0.173. The number of likely N-dealkylation sites (tertiary alicyclic amines) is 1. The van der Waals surface area contributed by atoms with Crippen molar-refractivity contribution in [2.45, 2.75) is 62.2 Å². The number of piperidine rings is 1. The summed E-state index contributed by atoms with van der Waals surface area (Å²) >= 11 is 0. The number of aliphatic hydroxyl groups is 1. The topological polar surface area (TPSA) is 68.7 Å². The summed E-state index contributed by atoms with van der Waals surface area (Å²) in [5.74, 6) is 1.56.